The average molecular weight is 466 g/mol. The number of hydrogen-bond acceptors (Lipinski definition) is 6. The summed E-state index contributed by atoms with van der Waals surface area (Å²) in [6.45, 7) is 6.92. The van der Waals surface area contributed by atoms with Crippen molar-refractivity contribution in [3.63, 3.8) is 0 Å². The minimum absolute atomic E-state index is 0.0390. The zero-order valence-corrected chi connectivity index (χ0v) is 19.7. The van der Waals surface area contributed by atoms with Gasteiger partial charge in [0, 0.05) is 24.7 Å². The van der Waals surface area contributed by atoms with Crippen molar-refractivity contribution in [1.82, 2.24) is 24.6 Å². The Morgan fingerprint density at radius 2 is 2.03 bits per heavy atom. The van der Waals surface area contributed by atoms with Crippen LogP contribution in [0.2, 0.25) is 0 Å². The molecule has 1 aromatic carbocycles. The number of aromatic nitrogens is 3. The van der Waals surface area contributed by atoms with Gasteiger partial charge in [0.2, 0.25) is 0 Å². The topological polar surface area (TPSA) is 79.6 Å². The van der Waals surface area contributed by atoms with Crippen LogP contribution >= 0.6 is 22.7 Å². The van der Waals surface area contributed by atoms with Gasteiger partial charge in [-0.05, 0) is 32.8 Å². The van der Waals surface area contributed by atoms with Crippen molar-refractivity contribution in [1.29, 1.82) is 0 Å². The van der Waals surface area contributed by atoms with E-state index in [0.717, 1.165) is 38.1 Å². The zero-order valence-electron chi connectivity index (χ0n) is 18.1. The Kier molecular flexibility index (Phi) is 5.30. The van der Waals surface area contributed by atoms with Crippen LogP contribution in [0.5, 0.6) is 0 Å². The van der Waals surface area contributed by atoms with E-state index in [4.69, 9.17) is 0 Å². The van der Waals surface area contributed by atoms with Crippen LogP contribution in [0.15, 0.2) is 35.8 Å². The minimum atomic E-state index is -0.206. The van der Waals surface area contributed by atoms with Gasteiger partial charge in [-0.2, -0.15) is 0 Å². The summed E-state index contributed by atoms with van der Waals surface area (Å²) in [5.41, 5.74) is 3.91. The lowest BCUT2D eigenvalue weighted by Crippen LogP contribution is -2.56. The average Bonchev–Trinajstić information content (AvgIpc) is 3.43. The van der Waals surface area contributed by atoms with Crippen LogP contribution in [0.1, 0.15) is 43.7 Å². The maximum atomic E-state index is 13.3. The molecule has 0 saturated carbocycles. The SMILES string of the molecule is Cc1cccc(-c2sc(C)nc2C(=O)N2CC[C@H]2CNC(=O)c2nc3sccn3c2C)c1. The van der Waals surface area contributed by atoms with Crippen LogP contribution in [0.25, 0.3) is 15.4 Å². The second kappa shape index (κ2) is 8.14. The number of likely N-dealkylation sites (tertiary alicyclic amines) is 1. The number of fused-ring (bicyclic) bond motifs is 1. The summed E-state index contributed by atoms with van der Waals surface area (Å²) in [4.78, 5) is 38.5. The zero-order chi connectivity index (χ0) is 22.4. The number of nitrogens with zero attached hydrogens (tertiary/aromatic N) is 4. The Labute approximate surface area is 193 Å². The summed E-state index contributed by atoms with van der Waals surface area (Å²) in [6.07, 6.45) is 2.76. The molecule has 32 heavy (non-hydrogen) atoms. The lowest BCUT2D eigenvalue weighted by molar-refractivity contribution is 0.0451. The lowest BCUT2D eigenvalue weighted by atomic mass is 10.0. The second-order valence-electron chi connectivity index (χ2n) is 8.03. The number of thiazole rings is 2. The van der Waals surface area contributed by atoms with Crippen LogP contribution in [0, 0.1) is 20.8 Å². The van der Waals surface area contributed by atoms with Crippen LogP contribution in [-0.4, -0.2) is 50.2 Å². The molecule has 7 nitrogen and oxygen atoms in total. The van der Waals surface area contributed by atoms with E-state index in [1.165, 1.54) is 22.7 Å². The third kappa shape index (κ3) is 3.61. The van der Waals surface area contributed by atoms with Gasteiger partial charge in [0.1, 0.15) is 5.69 Å². The molecule has 4 aromatic rings. The number of benzene rings is 1. The Bertz CT molecular complexity index is 1340. The molecular formula is C23H23N5O2S2. The van der Waals surface area contributed by atoms with Gasteiger partial charge in [-0.3, -0.25) is 14.0 Å². The molecule has 0 spiro atoms. The standard InChI is InChI=1S/C23H23N5O2S2/c1-13-5-4-6-16(11-13)20-19(25-15(3)32-20)22(30)28-8-7-17(28)12-24-21(29)18-14(2)27-9-10-31-23(27)26-18/h4-6,9-11,17H,7-8,12H2,1-3H3,(H,24,29)/t17-/m0/s1. The van der Waals surface area contributed by atoms with E-state index in [0.29, 0.717) is 24.5 Å². The van der Waals surface area contributed by atoms with Crippen molar-refractivity contribution in [3.8, 4) is 10.4 Å². The Morgan fingerprint density at radius 1 is 1.19 bits per heavy atom. The van der Waals surface area contributed by atoms with Crippen molar-refractivity contribution in [2.75, 3.05) is 13.1 Å². The molecule has 0 unspecified atom stereocenters. The molecule has 0 radical (unpaired) electrons. The molecule has 164 valence electrons. The summed E-state index contributed by atoms with van der Waals surface area (Å²) in [5, 5.41) is 5.78. The van der Waals surface area contributed by atoms with Gasteiger partial charge in [0.25, 0.3) is 11.8 Å². The first-order valence-corrected chi connectivity index (χ1v) is 12.2. The van der Waals surface area contributed by atoms with Gasteiger partial charge in [-0.25, -0.2) is 9.97 Å². The molecule has 0 aliphatic carbocycles. The predicted octanol–water partition coefficient (Wildman–Crippen LogP) is 4.09. The normalized spacial score (nSPS) is 15.7. The fraction of sp³-hybridized carbons (Fsp3) is 0.304. The molecule has 1 atom stereocenters. The number of carbonyl (C=O) groups excluding carboxylic acids is 2. The van der Waals surface area contributed by atoms with Crippen molar-refractivity contribution >= 4 is 39.4 Å². The summed E-state index contributed by atoms with van der Waals surface area (Å²) < 4.78 is 1.91. The van der Waals surface area contributed by atoms with Crippen LogP contribution in [0.3, 0.4) is 0 Å². The van der Waals surface area contributed by atoms with Gasteiger partial charge in [-0.1, -0.05) is 29.8 Å². The fourth-order valence-corrected chi connectivity index (χ4v) is 5.68. The Morgan fingerprint density at radius 3 is 2.75 bits per heavy atom. The van der Waals surface area contributed by atoms with Gasteiger partial charge in [0.15, 0.2) is 10.7 Å². The van der Waals surface area contributed by atoms with E-state index in [1.807, 2.05) is 59.8 Å². The van der Waals surface area contributed by atoms with Crippen molar-refractivity contribution in [2.24, 2.45) is 0 Å². The molecule has 3 aromatic heterocycles. The highest BCUT2D eigenvalue weighted by atomic mass is 32.1. The molecule has 4 heterocycles. The first kappa shape index (κ1) is 20.8. The number of hydrogen-bond donors (Lipinski definition) is 1. The number of aryl methyl sites for hydroxylation is 3. The molecular weight excluding hydrogens is 442 g/mol. The maximum absolute atomic E-state index is 13.3. The van der Waals surface area contributed by atoms with Gasteiger partial charge in [-0.15, -0.1) is 22.7 Å². The van der Waals surface area contributed by atoms with Gasteiger partial charge in [0.05, 0.1) is 21.6 Å². The first-order chi connectivity index (χ1) is 15.4. The third-order valence-corrected chi connectivity index (χ3v) is 7.61. The van der Waals surface area contributed by atoms with E-state index in [2.05, 4.69) is 21.4 Å². The molecule has 1 aliphatic heterocycles. The van der Waals surface area contributed by atoms with E-state index in [-0.39, 0.29) is 17.9 Å². The van der Waals surface area contributed by atoms with Gasteiger partial charge >= 0.3 is 0 Å². The number of imidazole rings is 1. The molecule has 1 aliphatic rings. The van der Waals surface area contributed by atoms with E-state index in [9.17, 15) is 9.59 Å². The number of rotatable bonds is 5. The fourth-order valence-electron chi connectivity index (χ4n) is 4.02. The van der Waals surface area contributed by atoms with Crippen LogP contribution < -0.4 is 5.32 Å². The van der Waals surface area contributed by atoms with E-state index < -0.39 is 0 Å². The van der Waals surface area contributed by atoms with Gasteiger partial charge < -0.3 is 10.2 Å². The van der Waals surface area contributed by atoms with E-state index >= 15 is 0 Å². The summed E-state index contributed by atoms with van der Waals surface area (Å²) in [6, 6.07) is 8.09. The molecule has 1 fully saturated rings. The highest BCUT2D eigenvalue weighted by molar-refractivity contribution is 7.15. The molecule has 9 heteroatoms. The van der Waals surface area contributed by atoms with Crippen molar-refractivity contribution < 1.29 is 9.59 Å². The minimum Gasteiger partial charge on any atom is -0.349 e. The monoisotopic (exact) mass is 465 g/mol. The molecule has 1 N–H and O–H groups in total. The maximum Gasteiger partial charge on any atom is 0.274 e. The Balaban J connectivity index is 1.29. The van der Waals surface area contributed by atoms with Crippen LogP contribution in [-0.2, 0) is 0 Å². The molecule has 5 rings (SSSR count). The first-order valence-electron chi connectivity index (χ1n) is 10.5. The number of carbonyl (C=O) groups is 2. The quantitative estimate of drug-likeness (QED) is 0.482. The number of amides is 2. The highest BCUT2D eigenvalue weighted by Crippen LogP contribution is 2.33. The summed E-state index contributed by atoms with van der Waals surface area (Å²) >= 11 is 3.04. The summed E-state index contributed by atoms with van der Waals surface area (Å²) in [5.74, 6) is -0.280. The summed E-state index contributed by atoms with van der Waals surface area (Å²) in [7, 11) is 0. The smallest absolute Gasteiger partial charge is 0.274 e. The molecule has 1 saturated heterocycles. The largest absolute Gasteiger partial charge is 0.349 e. The van der Waals surface area contributed by atoms with E-state index in [1.54, 1.807) is 0 Å². The third-order valence-electron chi connectivity index (χ3n) is 5.84. The highest BCUT2D eigenvalue weighted by Gasteiger charge is 2.35. The lowest BCUT2D eigenvalue weighted by Gasteiger charge is -2.40. The second-order valence-corrected chi connectivity index (χ2v) is 10.1. The molecule has 2 amide bonds. The van der Waals surface area contributed by atoms with Crippen LogP contribution in [0.4, 0.5) is 0 Å². The van der Waals surface area contributed by atoms with Crippen molar-refractivity contribution in [2.45, 2.75) is 33.2 Å². The Hall–Kier alpha value is -3.04. The predicted molar refractivity (Wildman–Crippen MR) is 127 cm³/mol. The van der Waals surface area contributed by atoms with Crippen molar-refractivity contribution in [3.05, 3.63) is 63.5 Å². The molecule has 0 bridgehead atoms. The number of nitrogens with one attached hydrogen (secondary N) is 1.